The van der Waals surface area contributed by atoms with Crippen molar-refractivity contribution in [1.82, 2.24) is 4.90 Å². The molecule has 1 heterocycles. The summed E-state index contributed by atoms with van der Waals surface area (Å²) in [6, 6.07) is 11.8. The zero-order chi connectivity index (χ0) is 14.1. The molecule has 4 heteroatoms. The summed E-state index contributed by atoms with van der Waals surface area (Å²) in [5.41, 5.74) is 0.695. The van der Waals surface area contributed by atoms with Crippen LogP contribution in [0.25, 0.3) is 10.8 Å². The lowest BCUT2D eigenvalue weighted by molar-refractivity contribution is 0.0678. The maximum Gasteiger partial charge on any atom is 0.254 e. The van der Waals surface area contributed by atoms with Crippen molar-refractivity contribution in [2.45, 2.75) is 18.9 Å². The second-order valence-corrected chi connectivity index (χ2v) is 6.10. The van der Waals surface area contributed by atoms with E-state index in [0.717, 1.165) is 34.6 Å². The minimum Gasteiger partial charge on any atom is -0.394 e. The van der Waals surface area contributed by atoms with Crippen molar-refractivity contribution in [3.63, 3.8) is 0 Å². The highest BCUT2D eigenvalue weighted by Gasteiger charge is 2.28. The zero-order valence-electron chi connectivity index (χ0n) is 11.1. The van der Waals surface area contributed by atoms with E-state index in [1.54, 1.807) is 4.90 Å². The van der Waals surface area contributed by atoms with Gasteiger partial charge in [0.2, 0.25) is 0 Å². The van der Waals surface area contributed by atoms with E-state index in [1.807, 2.05) is 36.4 Å². The van der Waals surface area contributed by atoms with Crippen molar-refractivity contribution >= 4 is 32.6 Å². The minimum absolute atomic E-state index is 0.0198. The monoisotopic (exact) mass is 333 g/mol. The van der Waals surface area contributed by atoms with Gasteiger partial charge in [0.25, 0.3) is 5.91 Å². The van der Waals surface area contributed by atoms with E-state index < -0.39 is 0 Å². The number of carbonyl (C=O) groups excluding carboxylic acids is 1. The molecule has 1 saturated heterocycles. The van der Waals surface area contributed by atoms with Crippen LogP contribution < -0.4 is 0 Å². The lowest BCUT2D eigenvalue weighted by atomic mass is 10.1. The molecule has 2 aromatic rings. The SMILES string of the molecule is O=C(c1ccc2cc(Br)ccc2c1)N1CCC[C@H]1CO. The van der Waals surface area contributed by atoms with Gasteiger partial charge in [-0.3, -0.25) is 4.79 Å². The number of hydrogen-bond acceptors (Lipinski definition) is 2. The highest BCUT2D eigenvalue weighted by molar-refractivity contribution is 9.10. The molecule has 3 rings (SSSR count). The zero-order valence-corrected chi connectivity index (χ0v) is 12.6. The third-order valence-corrected chi connectivity index (χ3v) is 4.39. The minimum atomic E-state index is -0.0249. The predicted octanol–water partition coefficient (Wildman–Crippen LogP) is 3.20. The number of hydrogen-bond donors (Lipinski definition) is 1. The molecule has 3 nitrogen and oxygen atoms in total. The van der Waals surface area contributed by atoms with Gasteiger partial charge in [0.05, 0.1) is 12.6 Å². The van der Waals surface area contributed by atoms with E-state index in [1.165, 1.54) is 0 Å². The summed E-state index contributed by atoms with van der Waals surface area (Å²) in [6.07, 6.45) is 1.86. The average molecular weight is 334 g/mol. The Kier molecular flexibility index (Phi) is 3.76. The van der Waals surface area contributed by atoms with Crippen LogP contribution in [0.4, 0.5) is 0 Å². The van der Waals surface area contributed by atoms with Crippen LogP contribution in [0.2, 0.25) is 0 Å². The largest absolute Gasteiger partial charge is 0.394 e. The number of rotatable bonds is 2. The molecule has 1 aliphatic heterocycles. The molecule has 0 aliphatic carbocycles. The molecule has 1 amide bonds. The van der Waals surface area contributed by atoms with Crippen LogP contribution in [0.1, 0.15) is 23.2 Å². The molecule has 1 fully saturated rings. The van der Waals surface area contributed by atoms with Crippen LogP contribution in [0.15, 0.2) is 40.9 Å². The van der Waals surface area contributed by atoms with Crippen molar-refractivity contribution in [1.29, 1.82) is 0 Å². The van der Waals surface area contributed by atoms with Crippen molar-refractivity contribution in [2.75, 3.05) is 13.2 Å². The molecule has 20 heavy (non-hydrogen) atoms. The summed E-state index contributed by atoms with van der Waals surface area (Å²) in [5, 5.41) is 11.5. The Morgan fingerprint density at radius 3 is 2.80 bits per heavy atom. The Hall–Kier alpha value is -1.39. The molecule has 1 atom stereocenters. The van der Waals surface area contributed by atoms with Gasteiger partial charge in [0.15, 0.2) is 0 Å². The normalized spacial score (nSPS) is 18.7. The third-order valence-electron chi connectivity index (χ3n) is 3.90. The van der Waals surface area contributed by atoms with Crippen LogP contribution in [0.3, 0.4) is 0 Å². The maximum absolute atomic E-state index is 12.5. The van der Waals surface area contributed by atoms with Gasteiger partial charge in [0.1, 0.15) is 0 Å². The fourth-order valence-electron chi connectivity index (χ4n) is 2.81. The molecule has 0 saturated carbocycles. The fourth-order valence-corrected chi connectivity index (χ4v) is 3.19. The standard InChI is InChI=1S/C16H16BrNO2/c17-14-6-5-11-8-13(4-3-12(11)9-14)16(20)18-7-1-2-15(18)10-19/h3-6,8-9,15,19H,1-2,7,10H2/t15-/m0/s1. The summed E-state index contributed by atoms with van der Waals surface area (Å²) in [7, 11) is 0. The van der Waals surface area contributed by atoms with E-state index >= 15 is 0 Å². The topological polar surface area (TPSA) is 40.5 Å². The number of aliphatic hydroxyl groups excluding tert-OH is 1. The molecule has 0 radical (unpaired) electrons. The van der Waals surface area contributed by atoms with Gasteiger partial charge in [-0.15, -0.1) is 0 Å². The summed E-state index contributed by atoms with van der Waals surface area (Å²) >= 11 is 3.45. The Morgan fingerprint density at radius 2 is 2.00 bits per heavy atom. The number of nitrogens with zero attached hydrogens (tertiary/aromatic N) is 1. The highest BCUT2D eigenvalue weighted by atomic mass is 79.9. The Labute approximate surface area is 126 Å². The van der Waals surface area contributed by atoms with Crippen LogP contribution >= 0.6 is 15.9 Å². The van der Waals surface area contributed by atoms with Crippen LogP contribution in [0.5, 0.6) is 0 Å². The first kappa shape index (κ1) is 13.6. The number of fused-ring (bicyclic) bond motifs is 1. The molecular formula is C16H16BrNO2. The average Bonchev–Trinajstić information content (AvgIpc) is 2.94. The lowest BCUT2D eigenvalue weighted by Crippen LogP contribution is -2.37. The van der Waals surface area contributed by atoms with E-state index in [0.29, 0.717) is 5.56 Å². The van der Waals surface area contributed by atoms with E-state index in [-0.39, 0.29) is 18.6 Å². The summed E-state index contributed by atoms with van der Waals surface area (Å²) in [5.74, 6) is 0.0198. The van der Waals surface area contributed by atoms with Crippen molar-refractivity contribution in [2.24, 2.45) is 0 Å². The van der Waals surface area contributed by atoms with Gasteiger partial charge in [0, 0.05) is 16.6 Å². The van der Waals surface area contributed by atoms with Crippen molar-refractivity contribution in [3.05, 3.63) is 46.4 Å². The smallest absolute Gasteiger partial charge is 0.254 e. The molecule has 0 bridgehead atoms. The van der Waals surface area contributed by atoms with Gasteiger partial charge < -0.3 is 10.0 Å². The number of carbonyl (C=O) groups is 1. The Balaban J connectivity index is 1.93. The van der Waals surface area contributed by atoms with Crippen LogP contribution in [-0.2, 0) is 0 Å². The number of benzene rings is 2. The maximum atomic E-state index is 12.5. The number of likely N-dealkylation sites (tertiary alicyclic amines) is 1. The van der Waals surface area contributed by atoms with E-state index in [9.17, 15) is 9.90 Å². The van der Waals surface area contributed by atoms with Crippen molar-refractivity contribution < 1.29 is 9.90 Å². The second kappa shape index (κ2) is 5.54. The first-order valence-electron chi connectivity index (χ1n) is 6.80. The van der Waals surface area contributed by atoms with Crippen molar-refractivity contribution in [3.8, 4) is 0 Å². The quantitative estimate of drug-likeness (QED) is 0.916. The van der Waals surface area contributed by atoms with Gasteiger partial charge in [-0.25, -0.2) is 0 Å². The molecule has 0 unspecified atom stereocenters. The third kappa shape index (κ3) is 2.45. The Morgan fingerprint density at radius 1 is 1.25 bits per heavy atom. The number of aliphatic hydroxyl groups is 1. The fraction of sp³-hybridized carbons (Fsp3) is 0.312. The summed E-state index contributed by atoms with van der Waals surface area (Å²) in [4.78, 5) is 14.3. The van der Waals surface area contributed by atoms with Crippen LogP contribution in [0, 0.1) is 0 Å². The van der Waals surface area contributed by atoms with Gasteiger partial charge in [-0.05, 0) is 47.9 Å². The van der Waals surface area contributed by atoms with E-state index in [4.69, 9.17) is 0 Å². The molecule has 1 N–H and O–H groups in total. The lowest BCUT2D eigenvalue weighted by Gasteiger charge is -2.23. The Bertz CT molecular complexity index is 656. The van der Waals surface area contributed by atoms with Gasteiger partial charge >= 0.3 is 0 Å². The highest BCUT2D eigenvalue weighted by Crippen LogP contribution is 2.24. The second-order valence-electron chi connectivity index (χ2n) is 5.18. The predicted molar refractivity (Wildman–Crippen MR) is 82.8 cm³/mol. The number of amides is 1. The first-order valence-corrected chi connectivity index (χ1v) is 7.59. The summed E-state index contributed by atoms with van der Waals surface area (Å²) < 4.78 is 1.03. The summed E-state index contributed by atoms with van der Waals surface area (Å²) in [6.45, 7) is 0.786. The molecule has 0 spiro atoms. The molecule has 2 aromatic carbocycles. The molecule has 0 aromatic heterocycles. The van der Waals surface area contributed by atoms with Gasteiger partial charge in [-0.1, -0.05) is 28.1 Å². The molecular weight excluding hydrogens is 318 g/mol. The van der Waals surface area contributed by atoms with Crippen LogP contribution in [-0.4, -0.2) is 35.1 Å². The van der Waals surface area contributed by atoms with Gasteiger partial charge in [-0.2, -0.15) is 0 Å². The number of halogens is 1. The molecule has 1 aliphatic rings. The molecule has 104 valence electrons. The first-order chi connectivity index (χ1) is 9.69. The van der Waals surface area contributed by atoms with E-state index in [2.05, 4.69) is 15.9 Å².